The van der Waals surface area contributed by atoms with E-state index in [1.54, 1.807) is 11.3 Å². The van der Waals surface area contributed by atoms with E-state index in [1.807, 2.05) is 14.0 Å². The molecular weight excluding hydrogens is 407 g/mol. The van der Waals surface area contributed by atoms with Crippen molar-refractivity contribution in [2.45, 2.75) is 26.4 Å². The molecule has 0 aliphatic carbocycles. The highest BCUT2D eigenvalue weighted by molar-refractivity contribution is 14.0. The molecular formula is C16H21IN4S. The predicted octanol–water partition coefficient (Wildman–Crippen LogP) is 3.20. The molecule has 4 nitrogen and oxygen atoms in total. The van der Waals surface area contributed by atoms with Gasteiger partial charge in [-0.15, -0.1) is 35.3 Å². The van der Waals surface area contributed by atoms with Crippen LogP contribution in [0.4, 0.5) is 0 Å². The molecule has 1 aromatic heterocycles. The van der Waals surface area contributed by atoms with Crippen LogP contribution in [0.1, 0.15) is 21.8 Å². The van der Waals surface area contributed by atoms with E-state index in [0.717, 1.165) is 42.7 Å². The Labute approximate surface area is 152 Å². The van der Waals surface area contributed by atoms with Crippen LogP contribution in [-0.2, 0) is 19.5 Å². The Hall–Kier alpha value is -1.15. The highest BCUT2D eigenvalue weighted by Crippen LogP contribution is 2.18. The van der Waals surface area contributed by atoms with Gasteiger partial charge in [-0.2, -0.15) is 0 Å². The van der Waals surface area contributed by atoms with Gasteiger partial charge in [0.2, 0.25) is 0 Å². The van der Waals surface area contributed by atoms with Crippen LogP contribution >= 0.6 is 35.3 Å². The van der Waals surface area contributed by atoms with E-state index >= 15 is 0 Å². The van der Waals surface area contributed by atoms with Gasteiger partial charge in [0.15, 0.2) is 5.96 Å². The Balaban J connectivity index is 0.00000176. The zero-order valence-electron chi connectivity index (χ0n) is 12.9. The Kier molecular flexibility index (Phi) is 6.19. The fourth-order valence-electron chi connectivity index (χ4n) is 2.65. The molecule has 0 bridgehead atoms. The number of nitrogens with one attached hydrogen (secondary N) is 1. The summed E-state index contributed by atoms with van der Waals surface area (Å²) in [4.78, 5) is 11.2. The predicted molar refractivity (Wildman–Crippen MR) is 103 cm³/mol. The molecule has 0 fully saturated rings. The van der Waals surface area contributed by atoms with Crippen LogP contribution in [0.5, 0.6) is 0 Å². The normalized spacial score (nSPS) is 14.3. The zero-order chi connectivity index (χ0) is 14.7. The molecule has 118 valence electrons. The van der Waals surface area contributed by atoms with Gasteiger partial charge in [0.1, 0.15) is 5.01 Å². The molecule has 2 heterocycles. The number of rotatable bonds is 2. The monoisotopic (exact) mass is 428 g/mol. The van der Waals surface area contributed by atoms with Crippen LogP contribution in [0.3, 0.4) is 0 Å². The van der Waals surface area contributed by atoms with Gasteiger partial charge in [-0.1, -0.05) is 24.3 Å². The Morgan fingerprint density at radius 2 is 2.14 bits per heavy atom. The van der Waals surface area contributed by atoms with Crippen LogP contribution in [-0.4, -0.2) is 29.4 Å². The van der Waals surface area contributed by atoms with Gasteiger partial charge in [0.25, 0.3) is 0 Å². The van der Waals surface area contributed by atoms with Gasteiger partial charge >= 0.3 is 0 Å². The third kappa shape index (κ3) is 3.98. The number of halogens is 1. The first kappa shape index (κ1) is 17.2. The van der Waals surface area contributed by atoms with Crippen molar-refractivity contribution in [3.8, 4) is 0 Å². The Bertz CT molecular complexity index is 653. The molecule has 3 rings (SSSR count). The largest absolute Gasteiger partial charge is 0.350 e. The van der Waals surface area contributed by atoms with Crippen molar-refractivity contribution in [2.75, 3.05) is 13.6 Å². The SMILES string of the molecule is CN=C(NCc1nc(C)cs1)N1CCc2ccccc2C1.I. The van der Waals surface area contributed by atoms with Crippen molar-refractivity contribution in [1.29, 1.82) is 0 Å². The molecule has 6 heteroatoms. The lowest BCUT2D eigenvalue weighted by molar-refractivity contribution is 0.378. The standard InChI is InChI=1S/C16H20N4S.HI/c1-12-11-21-15(19-12)9-18-16(17-2)20-8-7-13-5-3-4-6-14(13)10-20;/h3-6,11H,7-10H2,1-2H3,(H,17,18);1H. The first-order valence-electron chi connectivity index (χ1n) is 7.19. The third-order valence-corrected chi connectivity index (χ3v) is 4.67. The summed E-state index contributed by atoms with van der Waals surface area (Å²) in [6.45, 7) is 4.69. The lowest BCUT2D eigenvalue weighted by Gasteiger charge is -2.31. The van der Waals surface area contributed by atoms with Crippen molar-refractivity contribution in [1.82, 2.24) is 15.2 Å². The summed E-state index contributed by atoms with van der Waals surface area (Å²) in [5.41, 5.74) is 3.94. The first-order valence-corrected chi connectivity index (χ1v) is 8.07. The maximum atomic E-state index is 4.48. The van der Waals surface area contributed by atoms with Crippen molar-refractivity contribution < 1.29 is 0 Å². The van der Waals surface area contributed by atoms with Crippen LogP contribution < -0.4 is 5.32 Å². The molecule has 0 unspecified atom stereocenters. The first-order chi connectivity index (χ1) is 10.3. The van der Waals surface area contributed by atoms with E-state index in [-0.39, 0.29) is 24.0 Å². The number of hydrogen-bond donors (Lipinski definition) is 1. The van der Waals surface area contributed by atoms with Gasteiger partial charge in [0, 0.05) is 31.2 Å². The average molecular weight is 428 g/mol. The zero-order valence-corrected chi connectivity index (χ0v) is 16.0. The number of benzene rings is 1. The summed E-state index contributed by atoms with van der Waals surface area (Å²) in [5.74, 6) is 0.956. The third-order valence-electron chi connectivity index (χ3n) is 3.71. The van der Waals surface area contributed by atoms with E-state index in [2.05, 4.69) is 49.8 Å². The number of hydrogen-bond acceptors (Lipinski definition) is 3. The van der Waals surface area contributed by atoms with Gasteiger partial charge in [0.05, 0.1) is 6.54 Å². The summed E-state index contributed by atoms with van der Waals surface area (Å²) in [7, 11) is 1.84. The van der Waals surface area contributed by atoms with E-state index in [0.29, 0.717) is 0 Å². The summed E-state index contributed by atoms with van der Waals surface area (Å²) in [5, 5.41) is 6.61. The fourth-order valence-corrected chi connectivity index (χ4v) is 3.36. The molecule has 1 N–H and O–H groups in total. The molecule has 2 aromatic rings. The number of nitrogens with zero attached hydrogens (tertiary/aromatic N) is 3. The molecule has 1 aliphatic heterocycles. The topological polar surface area (TPSA) is 40.5 Å². The molecule has 0 atom stereocenters. The number of thiazole rings is 1. The molecule has 0 spiro atoms. The number of aromatic nitrogens is 1. The van der Waals surface area contributed by atoms with Crippen LogP contribution in [0.15, 0.2) is 34.6 Å². The Morgan fingerprint density at radius 3 is 2.82 bits per heavy atom. The van der Waals surface area contributed by atoms with Gasteiger partial charge in [-0.05, 0) is 24.5 Å². The van der Waals surface area contributed by atoms with Crippen molar-refractivity contribution in [2.24, 2.45) is 4.99 Å². The van der Waals surface area contributed by atoms with Crippen LogP contribution in [0, 0.1) is 6.92 Å². The molecule has 22 heavy (non-hydrogen) atoms. The summed E-state index contributed by atoms with van der Waals surface area (Å²) >= 11 is 1.69. The second-order valence-corrected chi connectivity index (χ2v) is 6.17. The van der Waals surface area contributed by atoms with E-state index in [1.165, 1.54) is 11.1 Å². The lowest BCUT2D eigenvalue weighted by atomic mass is 10.0. The maximum absolute atomic E-state index is 4.48. The number of aliphatic imine (C=N–C) groups is 1. The lowest BCUT2D eigenvalue weighted by Crippen LogP contribution is -2.43. The average Bonchev–Trinajstić information content (AvgIpc) is 2.93. The summed E-state index contributed by atoms with van der Waals surface area (Å²) in [6, 6.07) is 8.66. The molecule has 0 saturated heterocycles. The quantitative estimate of drug-likeness (QED) is 0.454. The van der Waals surface area contributed by atoms with Crippen molar-refractivity contribution >= 4 is 41.3 Å². The van der Waals surface area contributed by atoms with Gasteiger partial charge < -0.3 is 10.2 Å². The van der Waals surface area contributed by atoms with Gasteiger partial charge in [-0.3, -0.25) is 4.99 Å². The molecule has 1 aromatic carbocycles. The fraction of sp³-hybridized carbons (Fsp3) is 0.375. The van der Waals surface area contributed by atoms with Crippen molar-refractivity contribution in [3.63, 3.8) is 0 Å². The second-order valence-electron chi connectivity index (χ2n) is 5.22. The molecule has 1 aliphatic rings. The highest BCUT2D eigenvalue weighted by Gasteiger charge is 2.18. The van der Waals surface area contributed by atoms with Crippen LogP contribution in [0.25, 0.3) is 0 Å². The summed E-state index contributed by atoms with van der Waals surface area (Å²) < 4.78 is 0. The van der Waals surface area contributed by atoms with Crippen LogP contribution in [0.2, 0.25) is 0 Å². The number of guanidine groups is 1. The Morgan fingerprint density at radius 1 is 1.36 bits per heavy atom. The minimum absolute atomic E-state index is 0. The van der Waals surface area contributed by atoms with E-state index in [9.17, 15) is 0 Å². The summed E-state index contributed by atoms with van der Waals surface area (Å²) in [6.07, 6.45) is 1.08. The molecule has 0 saturated carbocycles. The number of aryl methyl sites for hydroxylation is 1. The number of fused-ring (bicyclic) bond motifs is 1. The highest BCUT2D eigenvalue weighted by atomic mass is 127. The molecule has 0 radical (unpaired) electrons. The smallest absolute Gasteiger partial charge is 0.194 e. The molecule has 0 amide bonds. The van der Waals surface area contributed by atoms with E-state index < -0.39 is 0 Å². The second kappa shape index (κ2) is 7.92. The van der Waals surface area contributed by atoms with Crippen molar-refractivity contribution in [3.05, 3.63) is 51.5 Å². The minimum atomic E-state index is 0. The maximum Gasteiger partial charge on any atom is 0.194 e. The van der Waals surface area contributed by atoms with Gasteiger partial charge in [-0.25, -0.2) is 4.98 Å². The van der Waals surface area contributed by atoms with E-state index in [4.69, 9.17) is 0 Å². The minimum Gasteiger partial charge on any atom is -0.350 e.